The van der Waals surface area contributed by atoms with Crippen LogP contribution in [0.3, 0.4) is 0 Å². The van der Waals surface area contributed by atoms with Gasteiger partial charge >= 0.3 is 6.09 Å². The number of nitrogens with zero attached hydrogens (tertiary/aromatic N) is 2. The van der Waals surface area contributed by atoms with E-state index in [0.29, 0.717) is 18.1 Å². The van der Waals surface area contributed by atoms with E-state index in [-0.39, 0.29) is 10.6 Å². The quantitative estimate of drug-likeness (QED) is 0.651. The third kappa shape index (κ3) is 4.50. The standard InChI is InChI=1S/C21H24ClFN2O4/c1-6-29-17-10-8-14(12-24-17)21(5,25(19(27)28)20(2,3)4)18(26)13-7-9-15(22)16(23)11-13/h7-12H,6H2,1-5H3,(H,27,28). The molecule has 2 rings (SSSR count). The number of rotatable bonds is 6. The van der Waals surface area contributed by atoms with Gasteiger partial charge in [0.2, 0.25) is 5.88 Å². The topological polar surface area (TPSA) is 79.7 Å². The molecule has 1 atom stereocenters. The van der Waals surface area contributed by atoms with Gasteiger partial charge in [-0.15, -0.1) is 0 Å². The smallest absolute Gasteiger partial charge is 0.408 e. The number of amides is 1. The molecule has 29 heavy (non-hydrogen) atoms. The van der Waals surface area contributed by atoms with E-state index in [9.17, 15) is 19.1 Å². The van der Waals surface area contributed by atoms with Crippen LogP contribution in [-0.2, 0) is 5.54 Å². The zero-order valence-corrected chi connectivity index (χ0v) is 17.7. The predicted octanol–water partition coefficient (Wildman–Crippen LogP) is 5.15. The number of ketones is 1. The molecule has 1 heterocycles. The van der Waals surface area contributed by atoms with Crippen LogP contribution in [0.5, 0.6) is 5.88 Å². The molecule has 0 aliphatic rings. The van der Waals surface area contributed by atoms with Gasteiger partial charge in [-0.05, 0) is 58.9 Å². The lowest BCUT2D eigenvalue weighted by Gasteiger charge is -2.46. The van der Waals surface area contributed by atoms with Crippen molar-refractivity contribution in [2.75, 3.05) is 6.61 Å². The van der Waals surface area contributed by atoms with Gasteiger partial charge in [-0.25, -0.2) is 14.2 Å². The summed E-state index contributed by atoms with van der Waals surface area (Å²) >= 11 is 5.73. The molecule has 0 saturated carbocycles. The summed E-state index contributed by atoms with van der Waals surface area (Å²) in [5, 5.41) is 9.84. The van der Waals surface area contributed by atoms with Gasteiger partial charge in [0.1, 0.15) is 11.4 Å². The molecule has 0 spiro atoms. The Morgan fingerprint density at radius 3 is 2.31 bits per heavy atom. The molecule has 1 N–H and O–H groups in total. The van der Waals surface area contributed by atoms with Gasteiger partial charge in [0.25, 0.3) is 0 Å². The second-order valence-electron chi connectivity index (χ2n) is 7.64. The SMILES string of the molecule is CCOc1ccc(C(C)(C(=O)c2ccc(Cl)c(F)c2)N(C(=O)O)C(C)(C)C)cn1. The zero-order valence-electron chi connectivity index (χ0n) is 17.0. The molecule has 0 radical (unpaired) electrons. The van der Waals surface area contributed by atoms with Gasteiger partial charge in [-0.3, -0.25) is 9.69 Å². The van der Waals surface area contributed by atoms with E-state index < -0.39 is 28.8 Å². The first-order valence-corrected chi connectivity index (χ1v) is 9.43. The van der Waals surface area contributed by atoms with E-state index in [4.69, 9.17) is 16.3 Å². The molecule has 1 unspecified atom stereocenters. The number of carboxylic acid groups (broad SMARTS) is 1. The average Bonchev–Trinajstić information content (AvgIpc) is 2.62. The summed E-state index contributed by atoms with van der Waals surface area (Å²) in [6.45, 7) is 8.74. The summed E-state index contributed by atoms with van der Waals surface area (Å²) in [4.78, 5) is 31.0. The van der Waals surface area contributed by atoms with E-state index >= 15 is 0 Å². The number of aromatic nitrogens is 1. The van der Waals surface area contributed by atoms with E-state index in [1.54, 1.807) is 32.9 Å². The van der Waals surface area contributed by atoms with Gasteiger partial charge in [0.15, 0.2) is 5.78 Å². The molecule has 1 aromatic heterocycles. The first-order valence-electron chi connectivity index (χ1n) is 9.05. The van der Waals surface area contributed by atoms with Gasteiger partial charge in [-0.1, -0.05) is 11.6 Å². The maximum Gasteiger partial charge on any atom is 0.408 e. The maximum atomic E-state index is 14.0. The Morgan fingerprint density at radius 1 is 1.21 bits per heavy atom. The summed E-state index contributed by atoms with van der Waals surface area (Å²) in [6, 6.07) is 6.80. The highest BCUT2D eigenvalue weighted by atomic mass is 35.5. The van der Waals surface area contributed by atoms with Gasteiger partial charge in [0.05, 0.1) is 11.6 Å². The number of benzene rings is 1. The Morgan fingerprint density at radius 2 is 1.86 bits per heavy atom. The van der Waals surface area contributed by atoms with E-state index in [0.717, 1.165) is 11.0 Å². The number of Topliss-reactive ketones (excluding diaryl/α,β-unsaturated/α-hetero) is 1. The monoisotopic (exact) mass is 422 g/mol. The van der Waals surface area contributed by atoms with Gasteiger partial charge in [0, 0.05) is 28.9 Å². The summed E-state index contributed by atoms with van der Waals surface area (Å²) in [5.41, 5.74) is -2.29. The normalized spacial score (nSPS) is 13.5. The molecule has 8 heteroatoms. The van der Waals surface area contributed by atoms with E-state index in [1.807, 2.05) is 6.92 Å². The second kappa shape index (κ2) is 8.37. The fourth-order valence-electron chi connectivity index (χ4n) is 3.33. The maximum absolute atomic E-state index is 14.0. The van der Waals surface area contributed by atoms with Crippen LogP contribution >= 0.6 is 11.6 Å². The molecule has 0 saturated heterocycles. The molecule has 1 aromatic carbocycles. The Labute approximate surface area is 174 Å². The van der Waals surface area contributed by atoms with Crippen LogP contribution in [0.15, 0.2) is 36.5 Å². The minimum atomic E-state index is -1.68. The third-order valence-electron chi connectivity index (χ3n) is 4.52. The highest BCUT2D eigenvalue weighted by Crippen LogP contribution is 2.38. The van der Waals surface area contributed by atoms with Crippen molar-refractivity contribution in [3.05, 3.63) is 58.5 Å². The van der Waals surface area contributed by atoms with E-state index in [2.05, 4.69) is 4.98 Å². The minimum Gasteiger partial charge on any atom is -0.478 e. The number of carbonyl (C=O) groups excluding carboxylic acids is 1. The number of carbonyl (C=O) groups is 2. The Bertz CT molecular complexity index is 912. The first kappa shape index (κ1) is 22.6. The Balaban J connectivity index is 2.71. The van der Waals surface area contributed by atoms with Crippen LogP contribution in [-0.4, -0.2) is 39.0 Å². The average molecular weight is 423 g/mol. The molecule has 6 nitrogen and oxygen atoms in total. The first-order chi connectivity index (χ1) is 13.4. The van der Waals surface area contributed by atoms with Crippen LogP contribution in [0, 0.1) is 5.82 Å². The Hall–Kier alpha value is -2.67. The van der Waals surface area contributed by atoms with Crippen molar-refractivity contribution < 1.29 is 23.8 Å². The summed E-state index contributed by atoms with van der Waals surface area (Å²) in [6.07, 6.45) is 0.105. The van der Waals surface area contributed by atoms with Crippen molar-refractivity contribution in [2.45, 2.75) is 45.7 Å². The fraction of sp³-hybridized carbons (Fsp3) is 0.381. The molecule has 1 amide bonds. The van der Waals surface area contributed by atoms with Crippen LogP contribution in [0.2, 0.25) is 5.02 Å². The molecule has 0 aliphatic heterocycles. The summed E-state index contributed by atoms with van der Waals surface area (Å²) in [7, 11) is 0. The molecular formula is C21H24ClFN2O4. The van der Waals surface area contributed by atoms with Gasteiger partial charge in [-0.2, -0.15) is 0 Å². The lowest BCUT2D eigenvalue weighted by Crippen LogP contribution is -2.59. The molecular weight excluding hydrogens is 399 g/mol. The molecule has 0 aliphatic carbocycles. The van der Waals surface area contributed by atoms with Crippen molar-refractivity contribution in [3.8, 4) is 5.88 Å². The van der Waals surface area contributed by atoms with Crippen molar-refractivity contribution in [2.24, 2.45) is 0 Å². The molecule has 2 aromatic rings. The van der Waals surface area contributed by atoms with Crippen LogP contribution in [0.1, 0.15) is 50.5 Å². The number of hydrogen-bond acceptors (Lipinski definition) is 4. The van der Waals surface area contributed by atoms with Crippen molar-refractivity contribution in [1.82, 2.24) is 9.88 Å². The second-order valence-corrected chi connectivity index (χ2v) is 8.04. The van der Waals surface area contributed by atoms with Crippen molar-refractivity contribution >= 4 is 23.5 Å². The van der Waals surface area contributed by atoms with E-state index in [1.165, 1.54) is 25.3 Å². The summed E-state index contributed by atoms with van der Waals surface area (Å²) in [5.74, 6) is -1.01. The zero-order chi connectivity index (χ0) is 22.0. The molecule has 156 valence electrons. The lowest BCUT2D eigenvalue weighted by atomic mass is 9.80. The lowest BCUT2D eigenvalue weighted by molar-refractivity contribution is 0.0213. The highest BCUT2D eigenvalue weighted by molar-refractivity contribution is 6.30. The number of hydrogen-bond donors (Lipinski definition) is 1. The highest BCUT2D eigenvalue weighted by Gasteiger charge is 2.49. The fourth-order valence-corrected chi connectivity index (χ4v) is 3.45. The summed E-state index contributed by atoms with van der Waals surface area (Å²) < 4.78 is 19.4. The number of pyridine rings is 1. The van der Waals surface area contributed by atoms with Crippen molar-refractivity contribution in [1.29, 1.82) is 0 Å². The van der Waals surface area contributed by atoms with Crippen LogP contribution in [0.4, 0.5) is 9.18 Å². The van der Waals surface area contributed by atoms with Crippen LogP contribution in [0.25, 0.3) is 0 Å². The largest absolute Gasteiger partial charge is 0.478 e. The third-order valence-corrected chi connectivity index (χ3v) is 4.83. The van der Waals surface area contributed by atoms with Crippen LogP contribution < -0.4 is 4.74 Å². The van der Waals surface area contributed by atoms with Crippen molar-refractivity contribution in [3.63, 3.8) is 0 Å². The Kier molecular flexibility index (Phi) is 6.53. The minimum absolute atomic E-state index is 0.00113. The number of halogens is 2. The number of ether oxygens (including phenoxy) is 1. The molecule has 0 bridgehead atoms. The van der Waals surface area contributed by atoms with Gasteiger partial charge < -0.3 is 9.84 Å². The molecule has 0 fully saturated rings. The predicted molar refractivity (Wildman–Crippen MR) is 108 cm³/mol.